The zero-order valence-corrected chi connectivity index (χ0v) is 12.5. The van der Waals surface area contributed by atoms with Gasteiger partial charge in [0, 0.05) is 38.9 Å². The van der Waals surface area contributed by atoms with E-state index in [4.69, 9.17) is 0 Å². The van der Waals surface area contributed by atoms with Crippen LogP contribution >= 0.6 is 22.6 Å². The van der Waals surface area contributed by atoms with Gasteiger partial charge in [0.05, 0.1) is 6.54 Å². The van der Waals surface area contributed by atoms with E-state index < -0.39 is 12.7 Å². The van der Waals surface area contributed by atoms with Crippen LogP contribution in [0.2, 0.25) is 0 Å². The molecule has 2 rings (SSSR count). The summed E-state index contributed by atoms with van der Waals surface area (Å²) in [4.78, 5) is 7.83. The number of hydrogen-bond donors (Lipinski definition) is 0. The van der Waals surface area contributed by atoms with Gasteiger partial charge in [-0.2, -0.15) is 13.2 Å². The topological polar surface area (TPSA) is 19.4 Å². The summed E-state index contributed by atoms with van der Waals surface area (Å²) in [5, 5.41) is 0. The Morgan fingerprint density at radius 2 is 1.74 bits per heavy atom. The highest BCUT2D eigenvalue weighted by Crippen LogP contribution is 2.18. The molecule has 0 aromatic carbocycles. The molecule has 0 spiro atoms. The lowest BCUT2D eigenvalue weighted by molar-refractivity contribution is -0.149. The lowest BCUT2D eigenvalue weighted by Gasteiger charge is -2.34. The van der Waals surface area contributed by atoms with Crippen LogP contribution in [0.5, 0.6) is 0 Å². The standard InChI is InChI=1S/C12H15F3IN3/c13-12(14,15)9-19-5-3-18(4-6-19)8-10-1-2-11(16)17-7-10/h1-2,7H,3-6,8-9H2. The van der Waals surface area contributed by atoms with Gasteiger partial charge in [0.25, 0.3) is 0 Å². The third kappa shape index (κ3) is 5.23. The van der Waals surface area contributed by atoms with Crippen LogP contribution in [0, 0.1) is 3.70 Å². The molecule has 1 fully saturated rings. The molecule has 1 aliphatic rings. The van der Waals surface area contributed by atoms with Gasteiger partial charge in [0.15, 0.2) is 0 Å². The summed E-state index contributed by atoms with van der Waals surface area (Å²) in [5.41, 5.74) is 1.10. The van der Waals surface area contributed by atoms with Gasteiger partial charge in [-0.1, -0.05) is 6.07 Å². The largest absolute Gasteiger partial charge is 0.401 e. The Hall–Kier alpha value is -0.410. The Balaban J connectivity index is 1.79. The molecule has 0 N–H and O–H groups in total. The highest BCUT2D eigenvalue weighted by atomic mass is 127. The van der Waals surface area contributed by atoms with Gasteiger partial charge >= 0.3 is 6.18 Å². The predicted molar refractivity (Wildman–Crippen MR) is 74.7 cm³/mol. The summed E-state index contributed by atoms with van der Waals surface area (Å²) < 4.78 is 37.7. The van der Waals surface area contributed by atoms with Gasteiger partial charge in [0.1, 0.15) is 3.70 Å². The van der Waals surface area contributed by atoms with Crippen LogP contribution in [0.25, 0.3) is 0 Å². The summed E-state index contributed by atoms with van der Waals surface area (Å²) >= 11 is 2.14. The van der Waals surface area contributed by atoms with Gasteiger partial charge in [-0.3, -0.25) is 14.8 Å². The van der Waals surface area contributed by atoms with E-state index in [9.17, 15) is 13.2 Å². The van der Waals surface area contributed by atoms with E-state index in [2.05, 4.69) is 32.5 Å². The Morgan fingerprint density at radius 3 is 2.26 bits per heavy atom. The van der Waals surface area contributed by atoms with Gasteiger partial charge < -0.3 is 0 Å². The quantitative estimate of drug-likeness (QED) is 0.589. The Morgan fingerprint density at radius 1 is 1.11 bits per heavy atom. The first kappa shape index (κ1) is 15.0. The maximum absolute atomic E-state index is 12.3. The van der Waals surface area contributed by atoms with E-state index in [1.807, 2.05) is 18.3 Å². The molecule has 0 atom stereocenters. The average Bonchev–Trinajstić information content (AvgIpc) is 2.33. The number of piperazine rings is 1. The van der Waals surface area contributed by atoms with Gasteiger partial charge in [-0.15, -0.1) is 0 Å². The lowest BCUT2D eigenvalue weighted by atomic mass is 10.2. The van der Waals surface area contributed by atoms with E-state index in [-0.39, 0.29) is 0 Å². The number of rotatable bonds is 3. The van der Waals surface area contributed by atoms with E-state index in [1.165, 1.54) is 4.90 Å². The second-order valence-corrected chi connectivity index (χ2v) is 5.76. The number of alkyl halides is 3. The lowest BCUT2D eigenvalue weighted by Crippen LogP contribution is -2.48. The first-order chi connectivity index (χ1) is 8.92. The van der Waals surface area contributed by atoms with Crippen LogP contribution in [0.15, 0.2) is 18.3 Å². The zero-order valence-electron chi connectivity index (χ0n) is 10.3. The highest BCUT2D eigenvalue weighted by molar-refractivity contribution is 14.1. The molecule has 1 aromatic heterocycles. The molecule has 1 aliphatic heterocycles. The minimum absolute atomic E-state index is 0.470. The Labute approximate surface area is 123 Å². The summed E-state index contributed by atoms with van der Waals surface area (Å²) in [5.74, 6) is 0. The predicted octanol–water partition coefficient (Wildman–Crippen LogP) is 2.37. The van der Waals surface area contributed by atoms with Gasteiger partial charge in [-0.25, -0.2) is 0 Å². The Bertz CT molecular complexity index is 400. The van der Waals surface area contributed by atoms with Crippen LogP contribution in [-0.4, -0.2) is 53.7 Å². The van der Waals surface area contributed by atoms with E-state index in [0.29, 0.717) is 26.2 Å². The fraction of sp³-hybridized carbons (Fsp3) is 0.583. The monoisotopic (exact) mass is 385 g/mol. The Kier molecular flexibility index (Phi) is 5.02. The second-order valence-electron chi connectivity index (χ2n) is 4.66. The van der Waals surface area contributed by atoms with Crippen molar-refractivity contribution >= 4 is 22.6 Å². The van der Waals surface area contributed by atoms with Crippen molar-refractivity contribution in [1.82, 2.24) is 14.8 Å². The van der Waals surface area contributed by atoms with Crippen molar-refractivity contribution in [2.75, 3.05) is 32.7 Å². The van der Waals surface area contributed by atoms with Gasteiger partial charge in [-0.05, 0) is 34.2 Å². The molecule has 0 aliphatic carbocycles. The molecule has 19 heavy (non-hydrogen) atoms. The smallest absolute Gasteiger partial charge is 0.296 e. The molecule has 3 nitrogen and oxygen atoms in total. The second kappa shape index (κ2) is 6.36. The van der Waals surface area contributed by atoms with E-state index in [0.717, 1.165) is 15.8 Å². The zero-order chi connectivity index (χ0) is 13.9. The molecule has 0 radical (unpaired) electrons. The molecular formula is C12H15F3IN3. The highest BCUT2D eigenvalue weighted by Gasteiger charge is 2.32. The van der Waals surface area contributed by atoms with Crippen LogP contribution < -0.4 is 0 Å². The van der Waals surface area contributed by atoms with Crippen molar-refractivity contribution < 1.29 is 13.2 Å². The minimum atomic E-state index is -4.10. The van der Waals surface area contributed by atoms with Crippen LogP contribution in [0.3, 0.4) is 0 Å². The normalized spacial score (nSPS) is 18.7. The molecule has 1 saturated heterocycles. The van der Waals surface area contributed by atoms with E-state index >= 15 is 0 Å². The SMILES string of the molecule is FC(F)(F)CN1CCN(Cc2ccc(I)nc2)CC1. The van der Waals surface area contributed by atoms with Crippen LogP contribution in [0.4, 0.5) is 13.2 Å². The summed E-state index contributed by atoms with van der Waals surface area (Å²) in [6.45, 7) is 2.23. The van der Waals surface area contributed by atoms with Crippen LogP contribution in [0.1, 0.15) is 5.56 Å². The number of nitrogens with zero attached hydrogens (tertiary/aromatic N) is 3. The summed E-state index contributed by atoms with van der Waals surface area (Å²) in [7, 11) is 0. The maximum Gasteiger partial charge on any atom is 0.401 e. The number of hydrogen-bond acceptors (Lipinski definition) is 3. The molecular weight excluding hydrogens is 370 g/mol. The third-order valence-corrected chi connectivity index (χ3v) is 3.70. The third-order valence-electron chi connectivity index (χ3n) is 3.06. The molecule has 0 unspecified atom stereocenters. The minimum Gasteiger partial charge on any atom is -0.296 e. The summed E-state index contributed by atoms with van der Waals surface area (Å²) in [6, 6.07) is 3.95. The first-order valence-electron chi connectivity index (χ1n) is 6.04. The van der Waals surface area contributed by atoms with Crippen molar-refractivity contribution in [3.05, 3.63) is 27.6 Å². The van der Waals surface area contributed by atoms with Crippen molar-refractivity contribution in [3.8, 4) is 0 Å². The van der Waals surface area contributed by atoms with E-state index in [1.54, 1.807) is 0 Å². The fourth-order valence-electron chi connectivity index (χ4n) is 2.12. The summed E-state index contributed by atoms with van der Waals surface area (Å²) in [6.07, 6.45) is -2.27. The molecule has 106 valence electrons. The van der Waals surface area contributed by atoms with Crippen molar-refractivity contribution in [2.45, 2.75) is 12.7 Å². The van der Waals surface area contributed by atoms with Gasteiger partial charge in [0.2, 0.25) is 0 Å². The molecule has 0 saturated carbocycles. The first-order valence-corrected chi connectivity index (χ1v) is 7.12. The molecule has 0 amide bonds. The molecule has 0 bridgehead atoms. The maximum atomic E-state index is 12.3. The van der Waals surface area contributed by atoms with Crippen molar-refractivity contribution in [2.24, 2.45) is 0 Å². The number of halogens is 4. The molecule has 7 heteroatoms. The van der Waals surface area contributed by atoms with Crippen LogP contribution in [-0.2, 0) is 6.54 Å². The van der Waals surface area contributed by atoms with Crippen molar-refractivity contribution in [3.63, 3.8) is 0 Å². The fourth-order valence-corrected chi connectivity index (χ4v) is 2.44. The van der Waals surface area contributed by atoms with Crippen molar-refractivity contribution in [1.29, 1.82) is 0 Å². The number of pyridine rings is 1. The molecule has 1 aromatic rings. The molecule has 2 heterocycles. The average molecular weight is 385 g/mol. The number of aromatic nitrogens is 1.